The fourth-order valence-electron chi connectivity index (χ4n) is 1.41. The zero-order valence-corrected chi connectivity index (χ0v) is 9.14. The number of esters is 1. The molecule has 0 aromatic heterocycles. The van der Waals surface area contributed by atoms with Gasteiger partial charge >= 0.3 is 5.97 Å². The fourth-order valence-corrected chi connectivity index (χ4v) is 1.41. The Morgan fingerprint density at radius 3 is 2.53 bits per heavy atom. The smallest absolute Gasteiger partial charge is 0.323 e. The minimum atomic E-state index is -0.590. The zero-order chi connectivity index (χ0) is 11.3. The van der Waals surface area contributed by atoms with Crippen molar-refractivity contribution in [3.63, 3.8) is 0 Å². The largest absolute Gasteiger partial charge is 0.465 e. The van der Waals surface area contributed by atoms with Crippen molar-refractivity contribution in [2.45, 2.75) is 25.8 Å². The van der Waals surface area contributed by atoms with Crippen LogP contribution in [0.4, 0.5) is 0 Å². The molecule has 0 aliphatic rings. The number of ether oxygens (including phenoxy) is 1. The third-order valence-corrected chi connectivity index (χ3v) is 2.42. The maximum atomic E-state index is 11.4. The first-order valence-corrected chi connectivity index (χ1v) is 5.14. The summed E-state index contributed by atoms with van der Waals surface area (Å²) in [7, 11) is 0. The number of nitrogens with two attached hydrogens (primary N) is 1. The molecule has 0 fully saturated rings. The van der Waals surface area contributed by atoms with Crippen molar-refractivity contribution >= 4 is 5.97 Å². The van der Waals surface area contributed by atoms with Crippen LogP contribution in [0.5, 0.6) is 0 Å². The number of benzene rings is 1. The third-order valence-electron chi connectivity index (χ3n) is 2.42. The van der Waals surface area contributed by atoms with Gasteiger partial charge in [-0.05, 0) is 12.5 Å². The maximum absolute atomic E-state index is 11.4. The van der Waals surface area contributed by atoms with Crippen LogP contribution >= 0.6 is 0 Å². The summed E-state index contributed by atoms with van der Waals surface area (Å²) >= 11 is 0. The second-order valence-electron chi connectivity index (χ2n) is 3.48. The van der Waals surface area contributed by atoms with Crippen molar-refractivity contribution in [3.8, 4) is 0 Å². The monoisotopic (exact) mass is 207 g/mol. The van der Waals surface area contributed by atoms with Crippen LogP contribution < -0.4 is 5.73 Å². The van der Waals surface area contributed by atoms with Crippen LogP contribution in [-0.2, 0) is 9.53 Å². The molecular formula is C12H17NO2. The van der Waals surface area contributed by atoms with E-state index in [0.717, 1.165) is 5.56 Å². The Hall–Kier alpha value is -1.35. The lowest BCUT2D eigenvalue weighted by Crippen LogP contribution is -2.37. The molecule has 0 bridgehead atoms. The van der Waals surface area contributed by atoms with E-state index in [1.165, 1.54) is 0 Å². The number of hydrogen-bond acceptors (Lipinski definition) is 3. The Morgan fingerprint density at radius 1 is 1.40 bits per heavy atom. The molecule has 0 aliphatic heterocycles. The lowest BCUT2D eigenvalue weighted by Gasteiger charge is -2.18. The molecule has 2 atom stereocenters. The molecule has 82 valence electrons. The first-order chi connectivity index (χ1) is 7.16. The summed E-state index contributed by atoms with van der Waals surface area (Å²) in [4.78, 5) is 11.4. The van der Waals surface area contributed by atoms with E-state index in [2.05, 4.69) is 0 Å². The van der Waals surface area contributed by atoms with E-state index in [9.17, 15) is 4.79 Å². The predicted molar refractivity (Wildman–Crippen MR) is 59.5 cm³/mol. The average Bonchev–Trinajstić information content (AvgIpc) is 2.28. The molecule has 0 saturated heterocycles. The fraction of sp³-hybridized carbons (Fsp3) is 0.417. The molecule has 1 aromatic carbocycles. The molecule has 3 nitrogen and oxygen atoms in total. The Kier molecular flexibility index (Phi) is 4.31. The van der Waals surface area contributed by atoms with Gasteiger partial charge in [0.25, 0.3) is 0 Å². The highest BCUT2D eigenvalue weighted by molar-refractivity contribution is 5.76. The van der Waals surface area contributed by atoms with Gasteiger partial charge in [0.05, 0.1) is 6.61 Å². The number of hydrogen-bond donors (Lipinski definition) is 1. The molecule has 1 unspecified atom stereocenters. The molecule has 1 aromatic rings. The second kappa shape index (κ2) is 5.51. The Morgan fingerprint density at radius 2 is 2.00 bits per heavy atom. The molecule has 2 N–H and O–H groups in total. The maximum Gasteiger partial charge on any atom is 0.323 e. The third kappa shape index (κ3) is 3.06. The highest BCUT2D eigenvalue weighted by Crippen LogP contribution is 2.18. The summed E-state index contributed by atoms with van der Waals surface area (Å²) in [5.74, 6) is -0.362. The van der Waals surface area contributed by atoms with Crippen LogP contribution in [0.1, 0.15) is 25.3 Å². The van der Waals surface area contributed by atoms with Crippen LogP contribution in [0.15, 0.2) is 30.3 Å². The van der Waals surface area contributed by atoms with Crippen molar-refractivity contribution in [2.75, 3.05) is 6.61 Å². The van der Waals surface area contributed by atoms with Gasteiger partial charge in [-0.25, -0.2) is 0 Å². The van der Waals surface area contributed by atoms with Crippen molar-refractivity contribution in [1.29, 1.82) is 0 Å². The Labute approximate surface area is 90.2 Å². The van der Waals surface area contributed by atoms with Crippen LogP contribution in [0, 0.1) is 0 Å². The molecule has 1 rings (SSSR count). The Bertz CT molecular complexity index is 311. The normalized spacial score (nSPS) is 14.3. The van der Waals surface area contributed by atoms with E-state index in [1.807, 2.05) is 37.3 Å². The van der Waals surface area contributed by atoms with Crippen molar-refractivity contribution in [2.24, 2.45) is 5.73 Å². The first kappa shape index (κ1) is 11.7. The van der Waals surface area contributed by atoms with Gasteiger partial charge in [0.2, 0.25) is 0 Å². The summed E-state index contributed by atoms with van der Waals surface area (Å²) < 4.78 is 4.88. The lowest BCUT2D eigenvalue weighted by atomic mass is 9.94. The van der Waals surface area contributed by atoms with Gasteiger partial charge in [-0.2, -0.15) is 0 Å². The van der Waals surface area contributed by atoms with Crippen molar-refractivity contribution in [1.82, 2.24) is 0 Å². The molecule has 0 spiro atoms. The van der Waals surface area contributed by atoms with Crippen molar-refractivity contribution in [3.05, 3.63) is 35.9 Å². The van der Waals surface area contributed by atoms with Crippen LogP contribution in [-0.4, -0.2) is 18.6 Å². The molecule has 15 heavy (non-hydrogen) atoms. The van der Waals surface area contributed by atoms with Crippen LogP contribution in [0.2, 0.25) is 0 Å². The second-order valence-corrected chi connectivity index (χ2v) is 3.48. The summed E-state index contributed by atoms with van der Waals surface area (Å²) in [6.07, 6.45) is 0. The van der Waals surface area contributed by atoms with Crippen LogP contribution in [0.25, 0.3) is 0 Å². The average molecular weight is 207 g/mol. The first-order valence-electron chi connectivity index (χ1n) is 5.14. The lowest BCUT2D eigenvalue weighted by molar-refractivity contribution is -0.145. The Balaban J connectivity index is 2.68. The zero-order valence-electron chi connectivity index (χ0n) is 9.14. The predicted octanol–water partition coefficient (Wildman–Crippen LogP) is 1.68. The van der Waals surface area contributed by atoms with E-state index < -0.39 is 6.04 Å². The molecule has 0 aliphatic carbocycles. The van der Waals surface area contributed by atoms with Gasteiger partial charge < -0.3 is 10.5 Å². The van der Waals surface area contributed by atoms with Gasteiger partial charge in [-0.3, -0.25) is 4.79 Å². The highest BCUT2D eigenvalue weighted by atomic mass is 16.5. The number of carbonyl (C=O) groups is 1. The SMILES string of the molecule is CCOC(=O)[C@H](N)C(C)c1ccccc1. The van der Waals surface area contributed by atoms with Gasteiger partial charge in [0, 0.05) is 5.92 Å². The number of rotatable bonds is 4. The summed E-state index contributed by atoms with van der Waals surface area (Å²) in [5, 5.41) is 0. The van der Waals surface area contributed by atoms with E-state index >= 15 is 0 Å². The van der Waals surface area contributed by atoms with Gasteiger partial charge in [-0.15, -0.1) is 0 Å². The molecular weight excluding hydrogens is 190 g/mol. The van der Waals surface area contributed by atoms with E-state index in [0.29, 0.717) is 6.61 Å². The molecule has 3 heteroatoms. The summed E-state index contributed by atoms with van der Waals surface area (Å²) in [5.41, 5.74) is 6.86. The van der Waals surface area contributed by atoms with Crippen LogP contribution in [0.3, 0.4) is 0 Å². The summed E-state index contributed by atoms with van der Waals surface area (Å²) in [6.45, 7) is 4.07. The van der Waals surface area contributed by atoms with E-state index in [-0.39, 0.29) is 11.9 Å². The minimum Gasteiger partial charge on any atom is -0.465 e. The standard InChI is InChI=1S/C12H17NO2/c1-3-15-12(14)11(13)9(2)10-7-5-4-6-8-10/h4-9,11H,3,13H2,1-2H3/t9?,11-/m1/s1. The topological polar surface area (TPSA) is 52.3 Å². The molecule has 0 radical (unpaired) electrons. The van der Waals surface area contributed by atoms with E-state index in [1.54, 1.807) is 6.92 Å². The van der Waals surface area contributed by atoms with Gasteiger partial charge in [-0.1, -0.05) is 37.3 Å². The van der Waals surface area contributed by atoms with Crippen molar-refractivity contribution < 1.29 is 9.53 Å². The highest BCUT2D eigenvalue weighted by Gasteiger charge is 2.22. The van der Waals surface area contributed by atoms with E-state index in [4.69, 9.17) is 10.5 Å². The molecule has 0 saturated carbocycles. The number of carbonyl (C=O) groups excluding carboxylic acids is 1. The van der Waals surface area contributed by atoms with Gasteiger partial charge in [0.15, 0.2) is 0 Å². The molecule has 0 amide bonds. The minimum absolute atomic E-state index is 0.0229. The summed E-state index contributed by atoms with van der Waals surface area (Å²) in [6, 6.07) is 9.14. The van der Waals surface area contributed by atoms with Gasteiger partial charge in [0.1, 0.15) is 6.04 Å². The quantitative estimate of drug-likeness (QED) is 0.764. The molecule has 0 heterocycles.